The Hall–Kier alpha value is -3.51. The van der Waals surface area contributed by atoms with Gasteiger partial charge in [0.25, 0.3) is 0 Å². The average molecular weight is 403 g/mol. The Labute approximate surface area is 174 Å². The number of hydrogen-bond donors (Lipinski definition) is 2. The van der Waals surface area contributed by atoms with Crippen molar-refractivity contribution in [2.75, 3.05) is 17.7 Å². The van der Waals surface area contributed by atoms with Crippen LogP contribution in [-0.2, 0) is 6.54 Å². The number of anilines is 2. The number of hydrogen-bond acceptors (Lipinski definition) is 5. The molecule has 1 aliphatic heterocycles. The van der Waals surface area contributed by atoms with E-state index in [1.54, 1.807) is 25.5 Å². The van der Waals surface area contributed by atoms with Crippen molar-refractivity contribution in [3.63, 3.8) is 0 Å². The van der Waals surface area contributed by atoms with Gasteiger partial charge in [-0.25, -0.2) is 9.97 Å². The van der Waals surface area contributed by atoms with Gasteiger partial charge in [0.05, 0.1) is 17.6 Å². The number of fused-ring (bicyclic) bond motifs is 3. The van der Waals surface area contributed by atoms with Crippen molar-refractivity contribution in [2.45, 2.75) is 6.54 Å². The summed E-state index contributed by atoms with van der Waals surface area (Å²) in [5, 5.41) is 7.30. The first-order chi connectivity index (χ1) is 14.2. The van der Waals surface area contributed by atoms with Crippen molar-refractivity contribution >= 4 is 34.6 Å². The molecule has 1 aromatic carbocycles. The summed E-state index contributed by atoms with van der Waals surface area (Å²) >= 11 is 6.26. The Bertz CT molecular complexity index is 1140. The van der Waals surface area contributed by atoms with E-state index in [-0.39, 0.29) is 0 Å². The zero-order chi connectivity index (χ0) is 20.2. The summed E-state index contributed by atoms with van der Waals surface area (Å²) < 4.78 is 0. The molecule has 4 rings (SSSR count). The van der Waals surface area contributed by atoms with Crippen LogP contribution in [-0.4, -0.2) is 27.8 Å². The molecule has 0 spiro atoms. The third kappa shape index (κ3) is 3.75. The summed E-state index contributed by atoms with van der Waals surface area (Å²) in [6.07, 6.45) is 8.94. The maximum absolute atomic E-state index is 6.26. The van der Waals surface area contributed by atoms with Gasteiger partial charge in [-0.1, -0.05) is 42.5 Å². The highest BCUT2D eigenvalue weighted by atomic mass is 35.5. The van der Waals surface area contributed by atoms with Gasteiger partial charge in [0.15, 0.2) is 0 Å². The summed E-state index contributed by atoms with van der Waals surface area (Å²) in [7, 11) is 1.73. The highest BCUT2D eigenvalue weighted by Crippen LogP contribution is 2.36. The second kappa shape index (κ2) is 8.24. The van der Waals surface area contributed by atoms with Gasteiger partial charge in [-0.3, -0.25) is 9.98 Å². The second-order valence-corrected chi connectivity index (χ2v) is 6.74. The van der Waals surface area contributed by atoms with Crippen LogP contribution in [0.3, 0.4) is 0 Å². The van der Waals surface area contributed by atoms with Crippen LogP contribution in [0.1, 0.15) is 11.3 Å². The Balaban J connectivity index is 1.79. The Morgan fingerprint density at radius 3 is 2.86 bits per heavy atom. The second-order valence-electron chi connectivity index (χ2n) is 6.34. The number of aliphatic imine (C=N–C) groups is 1. The molecule has 7 heteroatoms. The molecule has 0 saturated heterocycles. The number of pyridine rings is 1. The first kappa shape index (κ1) is 18.8. The lowest BCUT2D eigenvalue weighted by Crippen LogP contribution is -2.14. The fourth-order valence-corrected chi connectivity index (χ4v) is 3.38. The molecule has 0 radical (unpaired) electrons. The highest BCUT2D eigenvalue weighted by molar-refractivity contribution is 6.31. The van der Waals surface area contributed by atoms with Crippen molar-refractivity contribution in [1.82, 2.24) is 15.0 Å². The predicted molar refractivity (Wildman–Crippen MR) is 119 cm³/mol. The summed E-state index contributed by atoms with van der Waals surface area (Å²) in [6.45, 7) is 4.36. The molecule has 3 aromatic rings. The Morgan fingerprint density at radius 1 is 1.21 bits per heavy atom. The van der Waals surface area contributed by atoms with Crippen LogP contribution >= 0.6 is 11.6 Å². The minimum atomic E-state index is 0.506. The van der Waals surface area contributed by atoms with Crippen molar-refractivity contribution in [3.05, 3.63) is 83.9 Å². The van der Waals surface area contributed by atoms with Gasteiger partial charge in [-0.15, -0.1) is 0 Å². The van der Waals surface area contributed by atoms with Crippen molar-refractivity contribution in [3.8, 4) is 11.1 Å². The van der Waals surface area contributed by atoms with Gasteiger partial charge < -0.3 is 10.6 Å². The minimum Gasteiger partial charge on any atom is -0.350 e. The lowest BCUT2D eigenvalue weighted by Gasteiger charge is -2.12. The van der Waals surface area contributed by atoms with E-state index in [1.165, 1.54) is 0 Å². The van der Waals surface area contributed by atoms with E-state index in [4.69, 9.17) is 16.6 Å². The van der Waals surface area contributed by atoms with Gasteiger partial charge in [0.2, 0.25) is 5.95 Å². The van der Waals surface area contributed by atoms with Gasteiger partial charge in [-0.2, -0.15) is 0 Å². The summed E-state index contributed by atoms with van der Waals surface area (Å²) in [4.78, 5) is 17.9. The number of halogens is 1. The molecule has 0 unspecified atom stereocenters. The zero-order valence-corrected chi connectivity index (χ0v) is 16.6. The number of benzene rings is 1. The van der Waals surface area contributed by atoms with E-state index in [0.717, 1.165) is 33.6 Å². The van der Waals surface area contributed by atoms with Crippen LogP contribution < -0.4 is 10.6 Å². The van der Waals surface area contributed by atoms with E-state index >= 15 is 0 Å². The average Bonchev–Trinajstić information content (AvgIpc) is 2.88. The van der Waals surface area contributed by atoms with E-state index in [1.807, 2.05) is 42.6 Å². The van der Waals surface area contributed by atoms with Crippen molar-refractivity contribution in [1.29, 1.82) is 0 Å². The standard InChI is InChI=1S/C22H19ClN6/c1-3-6-16-20-17(15-9-10-25-13-19(15)28-21(16)24-2)12-27-22(29-20)26-11-14-7-4-5-8-18(14)23/h3-10,12-13H,1,11H2,2H3,(H,24,28)(H,26,27,29)/b16-6-. The van der Waals surface area contributed by atoms with Gasteiger partial charge in [0, 0.05) is 47.7 Å². The van der Waals surface area contributed by atoms with E-state index < -0.39 is 0 Å². The van der Waals surface area contributed by atoms with Gasteiger partial charge in [0.1, 0.15) is 5.84 Å². The van der Waals surface area contributed by atoms with E-state index in [9.17, 15) is 0 Å². The predicted octanol–water partition coefficient (Wildman–Crippen LogP) is 4.83. The molecule has 0 saturated carbocycles. The molecule has 1 aliphatic rings. The van der Waals surface area contributed by atoms with Crippen molar-refractivity contribution < 1.29 is 0 Å². The van der Waals surface area contributed by atoms with E-state index in [2.05, 4.69) is 32.2 Å². The number of rotatable bonds is 4. The number of nitrogens with one attached hydrogen (secondary N) is 2. The highest BCUT2D eigenvalue weighted by Gasteiger charge is 2.24. The van der Waals surface area contributed by atoms with Crippen molar-refractivity contribution in [2.24, 2.45) is 4.99 Å². The molecule has 6 nitrogen and oxygen atoms in total. The minimum absolute atomic E-state index is 0.506. The molecule has 0 atom stereocenters. The largest absolute Gasteiger partial charge is 0.350 e. The van der Waals surface area contributed by atoms with Gasteiger partial charge in [-0.05, 0) is 23.8 Å². The van der Waals surface area contributed by atoms with E-state index in [0.29, 0.717) is 23.4 Å². The quantitative estimate of drug-likeness (QED) is 0.653. The lowest BCUT2D eigenvalue weighted by atomic mass is 10.0. The Kier molecular flexibility index (Phi) is 5.35. The maximum atomic E-state index is 6.26. The maximum Gasteiger partial charge on any atom is 0.223 e. The summed E-state index contributed by atoms with van der Waals surface area (Å²) in [6, 6.07) is 9.62. The monoisotopic (exact) mass is 402 g/mol. The number of aromatic nitrogens is 3. The fraction of sp³-hybridized carbons (Fsp3) is 0.0909. The number of amidine groups is 1. The van der Waals surface area contributed by atoms with Crippen LogP contribution in [0.2, 0.25) is 5.02 Å². The third-order valence-corrected chi connectivity index (χ3v) is 4.93. The SMILES string of the molecule is C=C/C=C1\C(=NC)Nc2cnccc2-c2cnc(NCc3ccccc3Cl)nc21. The molecule has 144 valence electrons. The third-order valence-electron chi connectivity index (χ3n) is 4.57. The van der Waals surface area contributed by atoms with Crippen LogP contribution in [0.4, 0.5) is 11.6 Å². The zero-order valence-electron chi connectivity index (χ0n) is 15.9. The number of allylic oxidation sites excluding steroid dienone is 2. The fourth-order valence-electron chi connectivity index (χ4n) is 3.17. The number of nitrogens with zero attached hydrogens (tertiary/aromatic N) is 4. The summed E-state index contributed by atoms with van der Waals surface area (Å²) in [5.74, 6) is 1.19. The topological polar surface area (TPSA) is 75.1 Å². The molecule has 0 fully saturated rings. The van der Waals surface area contributed by atoms with Crippen LogP contribution in [0.15, 0.2) is 72.6 Å². The molecule has 0 aliphatic carbocycles. The lowest BCUT2D eigenvalue weighted by molar-refractivity contribution is 1.05. The molecular weight excluding hydrogens is 384 g/mol. The molecule has 0 bridgehead atoms. The normalized spacial score (nSPS) is 15.2. The smallest absolute Gasteiger partial charge is 0.223 e. The molecule has 2 aromatic heterocycles. The summed E-state index contributed by atoms with van der Waals surface area (Å²) in [5.41, 5.74) is 5.27. The molecule has 0 amide bonds. The molecule has 29 heavy (non-hydrogen) atoms. The molecular formula is C22H19ClN6. The first-order valence-corrected chi connectivity index (χ1v) is 9.45. The van der Waals surface area contributed by atoms with Crippen LogP contribution in [0.5, 0.6) is 0 Å². The molecule has 3 heterocycles. The van der Waals surface area contributed by atoms with Crippen LogP contribution in [0, 0.1) is 0 Å². The molecule has 2 N–H and O–H groups in total. The van der Waals surface area contributed by atoms with Gasteiger partial charge >= 0.3 is 0 Å². The van der Waals surface area contributed by atoms with Crippen LogP contribution in [0.25, 0.3) is 16.7 Å². The Morgan fingerprint density at radius 2 is 2.07 bits per heavy atom. The first-order valence-electron chi connectivity index (χ1n) is 9.07.